The molecule has 1 aromatic rings. The predicted molar refractivity (Wildman–Crippen MR) is 70.2 cm³/mol. The van der Waals surface area contributed by atoms with E-state index in [2.05, 4.69) is 20.7 Å². The number of nitrogens with one attached hydrogen (secondary N) is 2. The van der Waals surface area contributed by atoms with Gasteiger partial charge in [0.2, 0.25) is 0 Å². The van der Waals surface area contributed by atoms with Crippen LogP contribution in [0.3, 0.4) is 0 Å². The number of nitrogens with zero attached hydrogens (tertiary/aromatic N) is 2. The van der Waals surface area contributed by atoms with E-state index < -0.39 is 12.6 Å². The first kappa shape index (κ1) is 14.8. The van der Waals surface area contributed by atoms with Crippen molar-refractivity contribution in [2.75, 3.05) is 17.3 Å². The van der Waals surface area contributed by atoms with Crippen molar-refractivity contribution < 1.29 is 13.2 Å². The number of aromatic nitrogens is 2. The van der Waals surface area contributed by atoms with Gasteiger partial charge in [-0.05, 0) is 25.7 Å². The summed E-state index contributed by atoms with van der Waals surface area (Å²) in [6.45, 7) is 0.446. The summed E-state index contributed by atoms with van der Waals surface area (Å²) in [4.78, 5) is 8.60. The van der Waals surface area contributed by atoms with Gasteiger partial charge >= 0.3 is 6.18 Å². The average molecular weight is 289 g/mol. The summed E-state index contributed by atoms with van der Waals surface area (Å²) < 4.78 is 36.0. The van der Waals surface area contributed by atoms with E-state index in [0.717, 1.165) is 18.7 Å². The Bertz CT molecular complexity index is 445. The van der Waals surface area contributed by atoms with Gasteiger partial charge in [-0.1, -0.05) is 0 Å². The van der Waals surface area contributed by atoms with Gasteiger partial charge in [-0.3, -0.25) is 0 Å². The van der Waals surface area contributed by atoms with E-state index in [9.17, 15) is 13.2 Å². The molecule has 0 aromatic carbocycles. The molecule has 20 heavy (non-hydrogen) atoms. The second kappa shape index (κ2) is 6.25. The smallest absolute Gasteiger partial charge is 0.370 e. The van der Waals surface area contributed by atoms with Gasteiger partial charge in [0.1, 0.15) is 17.5 Å². The Morgan fingerprint density at radius 1 is 1.20 bits per heavy atom. The summed E-state index contributed by atoms with van der Waals surface area (Å²) in [5.41, 5.74) is 2.47. The van der Waals surface area contributed by atoms with E-state index in [1.807, 2.05) is 0 Å². The van der Waals surface area contributed by atoms with Gasteiger partial charge in [-0.25, -0.2) is 15.8 Å². The molecular formula is C12H18F3N5. The van der Waals surface area contributed by atoms with Crippen molar-refractivity contribution in [2.45, 2.75) is 44.2 Å². The van der Waals surface area contributed by atoms with Crippen molar-refractivity contribution in [1.29, 1.82) is 0 Å². The number of hydrazine groups is 1. The van der Waals surface area contributed by atoms with Crippen molar-refractivity contribution in [3.63, 3.8) is 0 Å². The number of unbranched alkanes of at least 4 members (excludes halogenated alkanes) is 1. The Morgan fingerprint density at radius 2 is 1.90 bits per heavy atom. The van der Waals surface area contributed by atoms with Gasteiger partial charge in [0.25, 0.3) is 0 Å². The Balaban J connectivity index is 1.81. The van der Waals surface area contributed by atoms with Crippen LogP contribution in [-0.4, -0.2) is 22.7 Å². The van der Waals surface area contributed by atoms with Crippen LogP contribution in [-0.2, 0) is 0 Å². The first-order chi connectivity index (χ1) is 9.48. The standard InChI is InChI=1S/C12H18F3N5/c13-12(14,15)5-1-2-6-17-9-7-10(20-16)19-11(18-9)8-3-4-8/h7-8H,1-6,16H2,(H2,17,18,19,20). The van der Waals surface area contributed by atoms with Gasteiger partial charge < -0.3 is 10.7 Å². The van der Waals surface area contributed by atoms with Crippen molar-refractivity contribution in [1.82, 2.24) is 9.97 Å². The largest absolute Gasteiger partial charge is 0.389 e. The maximum atomic E-state index is 12.0. The lowest BCUT2D eigenvalue weighted by atomic mass is 10.2. The number of hydrogen-bond donors (Lipinski definition) is 3. The zero-order chi connectivity index (χ0) is 14.6. The van der Waals surface area contributed by atoms with Crippen molar-refractivity contribution >= 4 is 11.6 Å². The van der Waals surface area contributed by atoms with E-state index in [0.29, 0.717) is 30.5 Å². The zero-order valence-corrected chi connectivity index (χ0v) is 11.0. The van der Waals surface area contributed by atoms with E-state index in [1.165, 1.54) is 0 Å². The summed E-state index contributed by atoms with van der Waals surface area (Å²) >= 11 is 0. The maximum absolute atomic E-state index is 12.0. The molecule has 0 atom stereocenters. The molecule has 1 aromatic heterocycles. The van der Waals surface area contributed by atoms with Crippen molar-refractivity contribution in [3.8, 4) is 0 Å². The fourth-order valence-electron chi connectivity index (χ4n) is 1.82. The highest BCUT2D eigenvalue weighted by molar-refractivity contribution is 5.47. The van der Waals surface area contributed by atoms with Gasteiger partial charge in [-0.2, -0.15) is 13.2 Å². The van der Waals surface area contributed by atoms with Crippen LogP contribution in [0.5, 0.6) is 0 Å². The Kier molecular flexibility index (Phi) is 4.64. The summed E-state index contributed by atoms with van der Waals surface area (Å²) in [7, 11) is 0. The third-order valence-electron chi connectivity index (χ3n) is 3.03. The molecule has 0 radical (unpaired) electrons. The Morgan fingerprint density at radius 3 is 2.50 bits per heavy atom. The van der Waals surface area contributed by atoms with Crippen molar-refractivity contribution in [2.24, 2.45) is 5.84 Å². The number of anilines is 2. The average Bonchev–Trinajstić information content (AvgIpc) is 3.21. The molecule has 5 nitrogen and oxygen atoms in total. The number of halogens is 3. The topological polar surface area (TPSA) is 75.9 Å². The van der Waals surface area contributed by atoms with E-state index >= 15 is 0 Å². The third kappa shape index (κ3) is 4.84. The quantitative estimate of drug-likeness (QED) is 0.409. The van der Waals surface area contributed by atoms with E-state index in [4.69, 9.17) is 5.84 Å². The Hall–Kier alpha value is -1.57. The molecule has 1 saturated carbocycles. The molecular weight excluding hydrogens is 271 g/mol. The highest BCUT2D eigenvalue weighted by Gasteiger charge is 2.27. The second-order valence-corrected chi connectivity index (χ2v) is 4.91. The van der Waals surface area contributed by atoms with Crippen molar-refractivity contribution in [3.05, 3.63) is 11.9 Å². The van der Waals surface area contributed by atoms with Gasteiger partial charge in [0, 0.05) is 24.9 Å². The van der Waals surface area contributed by atoms with E-state index in [-0.39, 0.29) is 6.42 Å². The molecule has 0 bridgehead atoms. The second-order valence-electron chi connectivity index (χ2n) is 4.91. The summed E-state index contributed by atoms with van der Waals surface area (Å²) in [5.74, 6) is 7.57. The molecule has 1 fully saturated rings. The fourth-order valence-corrected chi connectivity index (χ4v) is 1.82. The van der Waals surface area contributed by atoms with Crippen LogP contribution in [0, 0.1) is 0 Å². The molecule has 2 rings (SSSR count). The maximum Gasteiger partial charge on any atom is 0.389 e. The summed E-state index contributed by atoms with van der Waals surface area (Å²) in [5, 5.41) is 3.01. The molecule has 1 aliphatic rings. The lowest BCUT2D eigenvalue weighted by Crippen LogP contribution is -2.13. The van der Waals surface area contributed by atoms with Crippen LogP contribution >= 0.6 is 0 Å². The first-order valence-electron chi connectivity index (χ1n) is 6.64. The minimum Gasteiger partial charge on any atom is -0.370 e. The lowest BCUT2D eigenvalue weighted by molar-refractivity contribution is -0.135. The lowest BCUT2D eigenvalue weighted by Gasteiger charge is -2.10. The number of nitrogens with two attached hydrogens (primary N) is 1. The van der Waals surface area contributed by atoms with Crippen LogP contribution in [0.4, 0.5) is 24.8 Å². The van der Waals surface area contributed by atoms with Crippen LogP contribution in [0.1, 0.15) is 43.8 Å². The molecule has 112 valence electrons. The molecule has 0 spiro atoms. The monoisotopic (exact) mass is 289 g/mol. The molecule has 0 amide bonds. The Labute approximate surface area is 115 Å². The summed E-state index contributed by atoms with van der Waals surface area (Å²) in [6, 6.07) is 1.65. The van der Waals surface area contributed by atoms with Gasteiger partial charge in [0.05, 0.1) is 0 Å². The molecule has 0 unspecified atom stereocenters. The minimum absolute atomic E-state index is 0.110. The molecule has 1 aliphatic carbocycles. The molecule has 0 aliphatic heterocycles. The number of alkyl halides is 3. The van der Waals surface area contributed by atoms with Crippen LogP contribution in [0.15, 0.2) is 6.07 Å². The summed E-state index contributed by atoms with van der Waals surface area (Å²) in [6.07, 6.45) is -2.14. The van der Waals surface area contributed by atoms with Crippen LogP contribution < -0.4 is 16.6 Å². The molecule has 0 saturated heterocycles. The fraction of sp³-hybridized carbons (Fsp3) is 0.667. The number of nitrogen functional groups attached to an aromatic ring is 1. The predicted octanol–water partition coefficient (Wildman–Crippen LogP) is 2.78. The zero-order valence-electron chi connectivity index (χ0n) is 11.0. The van der Waals surface area contributed by atoms with E-state index in [1.54, 1.807) is 6.07 Å². The van der Waals surface area contributed by atoms with Crippen LogP contribution in [0.2, 0.25) is 0 Å². The normalized spacial score (nSPS) is 15.2. The highest BCUT2D eigenvalue weighted by Crippen LogP contribution is 2.38. The third-order valence-corrected chi connectivity index (χ3v) is 3.03. The first-order valence-corrected chi connectivity index (χ1v) is 6.64. The van der Waals surface area contributed by atoms with Gasteiger partial charge in [-0.15, -0.1) is 0 Å². The number of rotatable bonds is 7. The number of hydrogen-bond acceptors (Lipinski definition) is 5. The molecule has 1 heterocycles. The van der Waals surface area contributed by atoms with Gasteiger partial charge in [0.15, 0.2) is 0 Å². The minimum atomic E-state index is -4.08. The highest BCUT2D eigenvalue weighted by atomic mass is 19.4. The molecule has 8 heteroatoms. The SMILES string of the molecule is NNc1cc(NCCCCC(F)(F)F)nc(C2CC2)n1. The van der Waals surface area contributed by atoms with Crippen LogP contribution in [0.25, 0.3) is 0 Å². The molecule has 4 N–H and O–H groups in total.